The first-order chi connectivity index (χ1) is 6.83. The number of aliphatic hydroxyl groups excluding tert-OH is 1. The van der Waals surface area contributed by atoms with E-state index < -0.39 is 6.10 Å². The molecule has 0 fully saturated rings. The van der Waals surface area contributed by atoms with Gasteiger partial charge >= 0.3 is 0 Å². The molecule has 0 spiro atoms. The molecule has 0 radical (unpaired) electrons. The first kappa shape index (κ1) is 9.22. The van der Waals surface area contributed by atoms with Crippen LogP contribution in [-0.2, 0) is 6.54 Å². The van der Waals surface area contributed by atoms with Crippen LogP contribution in [0.15, 0.2) is 12.4 Å². The third-order valence-electron chi connectivity index (χ3n) is 1.88. The molecule has 0 amide bonds. The first-order valence-electron chi connectivity index (χ1n) is 4.16. The number of aliphatic hydroxyl groups is 1. The fraction of sp³-hybridized carbons (Fsp3) is 0.429. The van der Waals surface area contributed by atoms with E-state index in [4.69, 9.17) is 0 Å². The number of nitrogens with zero attached hydrogens (tertiary/aromatic N) is 5. The quantitative estimate of drug-likeness (QED) is 0.786. The molecule has 1 atom stereocenters. The predicted octanol–water partition coefficient (Wildman–Crippen LogP) is 0.231. The topological polar surface area (TPSA) is 76.7 Å². The maximum atomic E-state index is 9.91. The van der Waals surface area contributed by atoms with Gasteiger partial charge in [0, 0.05) is 6.54 Å². The minimum atomic E-state index is -0.732. The van der Waals surface area contributed by atoms with E-state index in [1.807, 2.05) is 6.92 Å². The second-order valence-corrected chi connectivity index (χ2v) is 3.51. The van der Waals surface area contributed by atoms with E-state index in [0.29, 0.717) is 17.1 Å². The Kier molecular flexibility index (Phi) is 2.51. The molecule has 1 unspecified atom stereocenters. The SMILES string of the molecule is CCn1nncc1C(O)c1cnns1. The number of hydrogen-bond acceptors (Lipinski definition) is 6. The Morgan fingerprint density at radius 1 is 1.50 bits per heavy atom. The van der Waals surface area contributed by atoms with Crippen LogP contribution in [0.3, 0.4) is 0 Å². The molecule has 0 aliphatic heterocycles. The summed E-state index contributed by atoms with van der Waals surface area (Å²) in [7, 11) is 0. The summed E-state index contributed by atoms with van der Waals surface area (Å²) in [6.45, 7) is 2.62. The molecule has 14 heavy (non-hydrogen) atoms. The van der Waals surface area contributed by atoms with E-state index in [2.05, 4.69) is 19.9 Å². The van der Waals surface area contributed by atoms with Crippen LogP contribution in [0.4, 0.5) is 0 Å². The Morgan fingerprint density at radius 3 is 3.00 bits per heavy atom. The lowest BCUT2D eigenvalue weighted by Crippen LogP contribution is -2.07. The summed E-state index contributed by atoms with van der Waals surface area (Å²) >= 11 is 1.17. The van der Waals surface area contributed by atoms with Crippen molar-refractivity contribution in [1.82, 2.24) is 24.6 Å². The van der Waals surface area contributed by atoms with E-state index in [0.717, 1.165) is 0 Å². The van der Waals surface area contributed by atoms with Crippen molar-refractivity contribution in [2.24, 2.45) is 0 Å². The van der Waals surface area contributed by atoms with Crippen molar-refractivity contribution in [3.63, 3.8) is 0 Å². The van der Waals surface area contributed by atoms with Gasteiger partial charge in [-0.3, -0.25) is 0 Å². The molecule has 7 heteroatoms. The average molecular weight is 211 g/mol. The molecule has 6 nitrogen and oxygen atoms in total. The molecule has 0 saturated heterocycles. The van der Waals surface area contributed by atoms with Gasteiger partial charge in [0.05, 0.1) is 23.0 Å². The Hall–Kier alpha value is -1.34. The highest BCUT2D eigenvalue weighted by molar-refractivity contribution is 7.05. The van der Waals surface area contributed by atoms with E-state index in [9.17, 15) is 5.11 Å². The monoisotopic (exact) mass is 211 g/mol. The van der Waals surface area contributed by atoms with Crippen LogP contribution >= 0.6 is 11.5 Å². The van der Waals surface area contributed by atoms with Crippen LogP contribution in [0.1, 0.15) is 23.6 Å². The summed E-state index contributed by atoms with van der Waals surface area (Å²) in [5, 5.41) is 21.2. The molecule has 0 aliphatic carbocycles. The zero-order valence-electron chi connectivity index (χ0n) is 7.53. The molecule has 2 rings (SSSR count). The summed E-state index contributed by atoms with van der Waals surface area (Å²) in [6, 6.07) is 0. The summed E-state index contributed by atoms with van der Waals surface area (Å²) < 4.78 is 5.33. The van der Waals surface area contributed by atoms with Crippen LogP contribution in [-0.4, -0.2) is 29.7 Å². The van der Waals surface area contributed by atoms with Gasteiger partial charge < -0.3 is 5.11 Å². The molecule has 2 aromatic heterocycles. The minimum absolute atomic E-state index is 0.665. The lowest BCUT2D eigenvalue weighted by molar-refractivity contribution is 0.211. The van der Waals surface area contributed by atoms with Gasteiger partial charge in [0.15, 0.2) is 0 Å². The Morgan fingerprint density at radius 2 is 2.36 bits per heavy atom. The van der Waals surface area contributed by atoms with Gasteiger partial charge in [-0.1, -0.05) is 9.70 Å². The van der Waals surface area contributed by atoms with Gasteiger partial charge in [0.25, 0.3) is 0 Å². The zero-order chi connectivity index (χ0) is 9.97. The third kappa shape index (κ3) is 1.51. The number of aryl methyl sites for hydroxylation is 1. The van der Waals surface area contributed by atoms with E-state index >= 15 is 0 Å². The maximum Gasteiger partial charge on any atom is 0.135 e. The van der Waals surface area contributed by atoms with E-state index in [1.165, 1.54) is 11.5 Å². The fourth-order valence-electron chi connectivity index (χ4n) is 1.16. The van der Waals surface area contributed by atoms with Gasteiger partial charge in [-0.25, -0.2) is 4.68 Å². The standard InChI is InChI=1S/C7H9N5OS/c1-2-12-5(3-8-10-12)7(13)6-4-9-11-14-6/h3-4,7,13H,2H2,1H3. The molecule has 74 valence electrons. The highest BCUT2D eigenvalue weighted by atomic mass is 32.1. The first-order valence-corrected chi connectivity index (χ1v) is 4.94. The molecule has 1 N–H and O–H groups in total. The van der Waals surface area contributed by atoms with Gasteiger partial charge in [0.2, 0.25) is 0 Å². The molecule has 2 aromatic rings. The normalized spacial score (nSPS) is 13.0. The van der Waals surface area contributed by atoms with Gasteiger partial charge in [-0.2, -0.15) is 0 Å². The Balaban J connectivity index is 2.31. The molecule has 0 bridgehead atoms. The van der Waals surface area contributed by atoms with Crippen molar-refractivity contribution < 1.29 is 5.11 Å². The molecule has 0 aromatic carbocycles. The van der Waals surface area contributed by atoms with Crippen molar-refractivity contribution in [2.75, 3.05) is 0 Å². The van der Waals surface area contributed by atoms with Gasteiger partial charge in [-0.15, -0.1) is 10.2 Å². The van der Waals surface area contributed by atoms with Crippen LogP contribution < -0.4 is 0 Å². The maximum absolute atomic E-state index is 9.91. The lowest BCUT2D eigenvalue weighted by Gasteiger charge is -2.07. The highest BCUT2D eigenvalue weighted by Gasteiger charge is 2.17. The van der Waals surface area contributed by atoms with Crippen LogP contribution in [0.2, 0.25) is 0 Å². The average Bonchev–Trinajstić information content (AvgIpc) is 2.87. The van der Waals surface area contributed by atoms with Crippen molar-refractivity contribution in [3.8, 4) is 0 Å². The van der Waals surface area contributed by atoms with Gasteiger partial charge in [-0.05, 0) is 18.5 Å². The molecule has 2 heterocycles. The smallest absolute Gasteiger partial charge is 0.135 e. The Labute approximate surface area is 84.4 Å². The summed E-state index contributed by atoms with van der Waals surface area (Å²) in [5.74, 6) is 0. The second kappa shape index (κ2) is 3.81. The van der Waals surface area contributed by atoms with Crippen LogP contribution in [0.25, 0.3) is 0 Å². The summed E-state index contributed by atoms with van der Waals surface area (Å²) in [6.07, 6.45) is 2.36. The van der Waals surface area contributed by atoms with Crippen molar-refractivity contribution in [1.29, 1.82) is 0 Å². The predicted molar refractivity (Wildman–Crippen MR) is 49.7 cm³/mol. The van der Waals surface area contributed by atoms with Crippen LogP contribution in [0.5, 0.6) is 0 Å². The largest absolute Gasteiger partial charge is 0.381 e. The second-order valence-electron chi connectivity index (χ2n) is 2.70. The molecular weight excluding hydrogens is 202 g/mol. The van der Waals surface area contributed by atoms with Gasteiger partial charge in [0.1, 0.15) is 6.10 Å². The van der Waals surface area contributed by atoms with E-state index in [1.54, 1.807) is 17.1 Å². The van der Waals surface area contributed by atoms with Crippen molar-refractivity contribution in [3.05, 3.63) is 23.0 Å². The minimum Gasteiger partial charge on any atom is -0.381 e. The van der Waals surface area contributed by atoms with Crippen molar-refractivity contribution >= 4 is 11.5 Å². The molecular formula is C7H9N5OS. The zero-order valence-corrected chi connectivity index (χ0v) is 8.35. The fourth-order valence-corrected chi connectivity index (χ4v) is 1.67. The molecule has 0 saturated carbocycles. The third-order valence-corrected chi connectivity index (χ3v) is 2.59. The summed E-state index contributed by atoms with van der Waals surface area (Å²) in [4.78, 5) is 0.696. The van der Waals surface area contributed by atoms with Crippen molar-refractivity contribution in [2.45, 2.75) is 19.6 Å². The number of rotatable bonds is 3. The van der Waals surface area contributed by atoms with Crippen LogP contribution in [0, 0.1) is 0 Å². The lowest BCUT2D eigenvalue weighted by atomic mass is 10.2. The number of aromatic nitrogens is 5. The number of hydrogen-bond donors (Lipinski definition) is 1. The Bertz CT molecular complexity index is 398. The highest BCUT2D eigenvalue weighted by Crippen LogP contribution is 2.22. The van der Waals surface area contributed by atoms with E-state index in [-0.39, 0.29) is 0 Å². The summed E-state index contributed by atoms with van der Waals surface area (Å²) in [5.41, 5.74) is 0.665. The molecule has 0 aliphatic rings.